The Balaban J connectivity index is 1.91. The Kier molecular flexibility index (Phi) is 2.54. The fraction of sp³-hybridized carbons (Fsp3) is 0.0667. The number of allylic oxidation sites excluding steroid dienone is 1. The first-order chi connectivity index (χ1) is 8.43. The number of benzene rings is 1. The zero-order chi connectivity index (χ0) is 11.5. The highest BCUT2D eigenvalue weighted by molar-refractivity contribution is 6.14. The molecule has 82 valence electrons. The number of nitrogens with zero attached hydrogens (tertiary/aromatic N) is 2. The molecular formula is C15H12N2. The topological polar surface area (TPSA) is 25.2 Å². The van der Waals surface area contributed by atoms with Gasteiger partial charge in [0.25, 0.3) is 0 Å². The summed E-state index contributed by atoms with van der Waals surface area (Å²) in [7, 11) is 0. The molecule has 2 aromatic rings. The van der Waals surface area contributed by atoms with Crippen LogP contribution in [0, 0.1) is 0 Å². The first kappa shape index (κ1) is 9.97. The van der Waals surface area contributed by atoms with E-state index in [2.05, 4.69) is 28.2 Å². The van der Waals surface area contributed by atoms with Crippen LogP contribution in [0.2, 0.25) is 0 Å². The fourth-order valence-electron chi connectivity index (χ4n) is 1.92. The maximum Gasteiger partial charge on any atom is 0.0681 e. The highest BCUT2D eigenvalue weighted by Crippen LogP contribution is 2.19. The van der Waals surface area contributed by atoms with Crippen molar-refractivity contribution in [2.75, 3.05) is 6.54 Å². The van der Waals surface area contributed by atoms with Gasteiger partial charge in [-0.15, -0.1) is 0 Å². The Morgan fingerprint density at radius 1 is 0.882 bits per heavy atom. The van der Waals surface area contributed by atoms with Gasteiger partial charge < -0.3 is 0 Å². The van der Waals surface area contributed by atoms with Crippen molar-refractivity contribution in [2.24, 2.45) is 4.99 Å². The van der Waals surface area contributed by atoms with E-state index < -0.39 is 0 Å². The SMILES string of the molecule is C1=C(c2ccccn2)CN=C1c1ccccc1. The molecule has 0 N–H and O–H groups in total. The molecule has 0 saturated heterocycles. The third-order valence-electron chi connectivity index (χ3n) is 2.79. The summed E-state index contributed by atoms with van der Waals surface area (Å²) in [5.74, 6) is 0. The van der Waals surface area contributed by atoms with E-state index in [1.165, 1.54) is 11.1 Å². The van der Waals surface area contributed by atoms with Crippen molar-refractivity contribution in [2.45, 2.75) is 0 Å². The Hall–Kier alpha value is -2.22. The summed E-state index contributed by atoms with van der Waals surface area (Å²) in [6.07, 6.45) is 3.94. The third kappa shape index (κ3) is 2.02. The minimum Gasteiger partial charge on any atom is -0.280 e. The van der Waals surface area contributed by atoms with Crippen molar-refractivity contribution < 1.29 is 0 Å². The summed E-state index contributed by atoms with van der Waals surface area (Å²) >= 11 is 0. The van der Waals surface area contributed by atoms with Crippen LogP contribution in [0.1, 0.15) is 11.3 Å². The van der Waals surface area contributed by atoms with Gasteiger partial charge in [-0.05, 0) is 23.8 Å². The normalized spacial score (nSPS) is 14.4. The summed E-state index contributed by atoms with van der Waals surface area (Å²) in [5.41, 5.74) is 4.41. The Labute approximate surface area is 100 Å². The number of aliphatic imine (C=N–C) groups is 1. The molecule has 3 rings (SSSR count). The van der Waals surface area contributed by atoms with Crippen LogP contribution < -0.4 is 0 Å². The lowest BCUT2D eigenvalue weighted by Crippen LogP contribution is -1.92. The molecule has 17 heavy (non-hydrogen) atoms. The van der Waals surface area contributed by atoms with Gasteiger partial charge in [-0.3, -0.25) is 9.98 Å². The molecule has 0 saturated carbocycles. The van der Waals surface area contributed by atoms with Gasteiger partial charge in [-0.1, -0.05) is 36.4 Å². The number of hydrogen-bond donors (Lipinski definition) is 0. The molecule has 0 bridgehead atoms. The zero-order valence-corrected chi connectivity index (χ0v) is 9.38. The van der Waals surface area contributed by atoms with Gasteiger partial charge in [0.15, 0.2) is 0 Å². The van der Waals surface area contributed by atoms with Gasteiger partial charge in [0.1, 0.15) is 0 Å². The first-order valence-corrected chi connectivity index (χ1v) is 5.65. The van der Waals surface area contributed by atoms with Crippen molar-refractivity contribution in [1.82, 2.24) is 4.98 Å². The van der Waals surface area contributed by atoms with E-state index >= 15 is 0 Å². The molecule has 0 atom stereocenters. The minimum atomic E-state index is 0.723. The van der Waals surface area contributed by atoms with E-state index in [-0.39, 0.29) is 0 Å². The average Bonchev–Trinajstić information content (AvgIpc) is 2.90. The average molecular weight is 220 g/mol. The second-order valence-corrected chi connectivity index (χ2v) is 3.95. The maximum absolute atomic E-state index is 4.55. The molecular weight excluding hydrogens is 208 g/mol. The molecule has 1 aromatic heterocycles. The molecule has 2 nitrogen and oxygen atoms in total. The lowest BCUT2D eigenvalue weighted by molar-refractivity contribution is 1.21. The molecule has 0 radical (unpaired) electrons. The zero-order valence-electron chi connectivity index (χ0n) is 9.38. The van der Waals surface area contributed by atoms with Crippen LogP contribution in [-0.4, -0.2) is 17.2 Å². The van der Waals surface area contributed by atoms with Crippen LogP contribution in [0.25, 0.3) is 5.57 Å². The molecule has 0 spiro atoms. The summed E-state index contributed by atoms with van der Waals surface area (Å²) in [6.45, 7) is 0.723. The highest BCUT2D eigenvalue weighted by atomic mass is 14.8. The molecule has 0 aliphatic carbocycles. The molecule has 1 aliphatic heterocycles. The first-order valence-electron chi connectivity index (χ1n) is 5.65. The predicted molar refractivity (Wildman–Crippen MR) is 70.1 cm³/mol. The summed E-state index contributed by atoms with van der Waals surface area (Å²) in [4.78, 5) is 8.90. The quantitative estimate of drug-likeness (QED) is 0.763. The maximum atomic E-state index is 4.55. The van der Waals surface area contributed by atoms with Gasteiger partial charge in [0.2, 0.25) is 0 Å². The fourth-order valence-corrected chi connectivity index (χ4v) is 1.92. The molecule has 2 heteroatoms. The summed E-state index contributed by atoms with van der Waals surface area (Å²) in [5, 5.41) is 0. The Bertz CT molecular complexity index is 568. The van der Waals surface area contributed by atoms with Crippen LogP contribution >= 0.6 is 0 Å². The van der Waals surface area contributed by atoms with Crippen LogP contribution in [0.3, 0.4) is 0 Å². The smallest absolute Gasteiger partial charge is 0.0681 e. The lowest BCUT2D eigenvalue weighted by atomic mass is 10.1. The van der Waals surface area contributed by atoms with Gasteiger partial charge in [-0.2, -0.15) is 0 Å². The molecule has 0 fully saturated rings. The molecule has 1 aliphatic rings. The van der Waals surface area contributed by atoms with Crippen molar-refractivity contribution in [3.8, 4) is 0 Å². The highest BCUT2D eigenvalue weighted by Gasteiger charge is 2.11. The molecule has 0 amide bonds. The summed E-state index contributed by atoms with van der Waals surface area (Å²) in [6, 6.07) is 16.2. The van der Waals surface area contributed by atoms with Crippen molar-refractivity contribution in [3.05, 3.63) is 72.1 Å². The number of rotatable bonds is 2. The molecule has 2 heterocycles. The van der Waals surface area contributed by atoms with Gasteiger partial charge in [-0.25, -0.2) is 0 Å². The monoisotopic (exact) mass is 220 g/mol. The van der Waals surface area contributed by atoms with E-state index in [9.17, 15) is 0 Å². The summed E-state index contributed by atoms with van der Waals surface area (Å²) < 4.78 is 0. The lowest BCUT2D eigenvalue weighted by Gasteiger charge is -1.97. The van der Waals surface area contributed by atoms with E-state index in [1.807, 2.05) is 42.6 Å². The van der Waals surface area contributed by atoms with Crippen LogP contribution in [-0.2, 0) is 0 Å². The number of aromatic nitrogens is 1. The van der Waals surface area contributed by atoms with Gasteiger partial charge in [0, 0.05) is 11.8 Å². The second kappa shape index (κ2) is 4.34. The van der Waals surface area contributed by atoms with Crippen LogP contribution in [0.4, 0.5) is 0 Å². The third-order valence-corrected chi connectivity index (χ3v) is 2.79. The van der Waals surface area contributed by atoms with Crippen molar-refractivity contribution in [1.29, 1.82) is 0 Å². The Morgan fingerprint density at radius 3 is 2.47 bits per heavy atom. The predicted octanol–water partition coefficient (Wildman–Crippen LogP) is 2.97. The largest absolute Gasteiger partial charge is 0.280 e. The number of pyridine rings is 1. The van der Waals surface area contributed by atoms with E-state index in [4.69, 9.17) is 0 Å². The standard InChI is InChI=1S/C15H12N2/c1-2-6-12(7-3-1)15-10-13(11-17-15)14-8-4-5-9-16-14/h1-10H,11H2. The second-order valence-electron chi connectivity index (χ2n) is 3.95. The van der Waals surface area contributed by atoms with E-state index in [0.29, 0.717) is 0 Å². The number of hydrogen-bond acceptors (Lipinski definition) is 2. The molecule has 0 unspecified atom stereocenters. The van der Waals surface area contributed by atoms with Gasteiger partial charge in [0.05, 0.1) is 18.0 Å². The Morgan fingerprint density at radius 2 is 1.71 bits per heavy atom. The van der Waals surface area contributed by atoms with Crippen molar-refractivity contribution >= 4 is 11.3 Å². The van der Waals surface area contributed by atoms with E-state index in [1.54, 1.807) is 0 Å². The molecule has 1 aromatic carbocycles. The van der Waals surface area contributed by atoms with E-state index in [0.717, 1.165) is 18.0 Å². The van der Waals surface area contributed by atoms with Crippen molar-refractivity contribution in [3.63, 3.8) is 0 Å². The van der Waals surface area contributed by atoms with Gasteiger partial charge >= 0.3 is 0 Å². The van der Waals surface area contributed by atoms with Crippen LogP contribution in [0.15, 0.2) is 65.8 Å². The van der Waals surface area contributed by atoms with Crippen LogP contribution in [0.5, 0.6) is 0 Å². The minimum absolute atomic E-state index is 0.723.